The predicted octanol–water partition coefficient (Wildman–Crippen LogP) is 1.99. The van der Waals surface area contributed by atoms with Crippen molar-refractivity contribution in [3.05, 3.63) is 34.9 Å². The smallest absolute Gasteiger partial charge is 0.0897 e. The first-order valence-corrected chi connectivity index (χ1v) is 7.43. The monoisotopic (exact) mass is 299 g/mol. The van der Waals surface area contributed by atoms with Gasteiger partial charge >= 0.3 is 0 Å². The third kappa shape index (κ3) is 5.77. The van der Waals surface area contributed by atoms with Crippen LogP contribution in [0.15, 0.2) is 24.3 Å². The third-order valence-corrected chi connectivity index (χ3v) is 3.55. The largest absolute Gasteiger partial charge is 0.389 e. The molecule has 4 nitrogen and oxygen atoms in total. The Morgan fingerprint density at radius 2 is 2.20 bits per heavy atom. The van der Waals surface area contributed by atoms with Gasteiger partial charge in [-0.1, -0.05) is 23.7 Å². The van der Waals surface area contributed by atoms with Crippen LogP contribution >= 0.6 is 11.6 Å². The molecule has 2 atom stereocenters. The lowest BCUT2D eigenvalue weighted by atomic mass is 10.1. The second-order valence-corrected chi connectivity index (χ2v) is 5.55. The van der Waals surface area contributed by atoms with Crippen LogP contribution in [0.25, 0.3) is 0 Å². The lowest BCUT2D eigenvalue weighted by Gasteiger charge is -2.24. The number of aliphatic hydroxyl groups is 1. The molecule has 1 aliphatic heterocycles. The van der Waals surface area contributed by atoms with Crippen LogP contribution in [0.4, 0.5) is 0 Å². The minimum Gasteiger partial charge on any atom is -0.389 e. The second-order valence-electron chi connectivity index (χ2n) is 5.12. The summed E-state index contributed by atoms with van der Waals surface area (Å²) in [6.07, 6.45) is 1.70. The van der Waals surface area contributed by atoms with Crippen molar-refractivity contribution in [2.75, 3.05) is 26.4 Å². The molecule has 0 spiro atoms. The second kappa shape index (κ2) is 8.60. The fourth-order valence-electron chi connectivity index (χ4n) is 2.16. The molecule has 0 aromatic heterocycles. The maximum absolute atomic E-state index is 9.85. The number of rotatable bonds is 7. The van der Waals surface area contributed by atoms with E-state index in [-0.39, 0.29) is 0 Å². The van der Waals surface area contributed by atoms with Gasteiger partial charge in [-0.3, -0.25) is 0 Å². The quantitative estimate of drug-likeness (QED) is 0.808. The van der Waals surface area contributed by atoms with Gasteiger partial charge in [-0.25, -0.2) is 0 Å². The van der Waals surface area contributed by atoms with Crippen LogP contribution in [-0.4, -0.2) is 43.6 Å². The third-order valence-electron chi connectivity index (χ3n) is 3.29. The SMILES string of the molecule is OC(CNC1CCCOC1)COCc1ccc(Cl)cc1. The van der Waals surface area contributed by atoms with Crippen molar-refractivity contribution in [1.29, 1.82) is 0 Å². The summed E-state index contributed by atoms with van der Waals surface area (Å²) < 4.78 is 10.9. The van der Waals surface area contributed by atoms with Gasteiger partial charge in [0, 0.05) is 24.2 Å². The Bertz CT molecular complexity index is 379. The van der Waals surface area contributed by atoms with Crippen molar-refractivity contribution in [3.63, 3.8) is 0 Å². The predicted molar refractivity (Wildman–Crippen MR) is 79.0 cm³/mol. The highest BCUT2D eigenvalue weighted by Crippen LogP contribution is 2.10. The van der Waals surface area contributed by atoms with Gasteiger partial charge in [0.15, 0.2) is 0 Å². The Morgan fingerprint density at radius 1 is 1.40 bits per heavy atom. The van der Waals surface area contributed by atoms with E-state index in [4.69, 9.17) is 21.1 Å². The molecule has 20 heavy (non-hydrogen) atoms. The Hall–Kier alpha value is -0.650. The van der Waals surface area contributed by atoms with Gasteiger partial charge in [-0.05, 0) is 30.5 Å². The molecule has 1 fully saturated rings. The first kappa shape index (κ1) is 15.7. The molecule has 2 N–H and O–H groups in total. The first-order chi connectivity index (χ1) is 9.74. The van der Waals surface area contributed by atoms with E-state index in [0.717, 1.165) is 31.6 Å². The molecule has 0 saturated carbocycles. The van der Waals surface area contributed by atoms with Gasteiger partial charge in [0.2, 0.25) is 0 Å². The molecule has 1 aliphatic rings. The average molecular weight is 300 g/mol. The van der Waals surface area contributed by atoms with Crippen LogP contribution in [0.2, 0.25) is 5.02 Å². The van der Waals surface area contributed by atoms with Gasteiger partial charge in [0.1, 0.15) is 0 Å². The van der Waals surface area contributed by atoms with Crippen LogP contribution in [0, 0.1) is 0 Å². The van der Waals surface area contributed by atoms with Crippen LogP contribution in [0.3, 0.4) is 0 Å². The molecule has 1 aromatic rings. The molecule has 1 saturated heterocycles. The summed E-state index contributed by atoms with van der Waals surface area (Å²) in [5.41, 5.74) is 1.05. The Kier molecular flexibility index (Phi) is 6.76. The molecular formula is C15H22ClNO3. The summed E-state index contributed by atoms with van der Waals surface area (Å²) in [6, 6.07) is 7.87. The Morgan fingerprint density at radius 3 is 2.90 bits per heavy atom. The van der Waals surface area contributed by atoms with Crippen molar-refractivity contribution in [2.45, 2.75) is 31.6 Å². The van der Waals surface area contributed by atoms with Gasteiger partial charge in [0.05, 0.1) is 25.9 Å². The number of benzene rings is 1. The molecule has 0 bridgehead atoms. The lowest BCUT2D eigenvalue weighted by Crippen LogP contribution is -2.41. The van der Waals surface area contributed by atoms with E-state index in [2.05, 4.69) is 5.32 Å². The van der Waals surface area contributed by atoms with E-state index in [0.29, 0.717) is 30.8 Å². The summed E-state index contributed by atoms with van der Waals surface area (Å²) in [7, 11) is 0. The number of hydrogen-bond acceptors (Lipinski definition) is 4. The maximum atomic E-state index is 9.85. The zero-order valence-electron chi connectivity index (χ0n) is 11.6. The van der Waals surface area contributed by atoms with E-state index >= 15 is 0 Å². The van der Waals surface area contributed by atoms with Gasteiger partial charge in [0.25, 0.3) is 0 Å². The number of aliphatic hydroxyl groups excluding tert-OH is 1. The fraction of sp³-hybridized carbons (Fsp3) is 0.600. The maximum Gasteiger partial charge on any atom is 0.0897 e. The number of nitrogens with one attached hydrogen (secondary N) is 1. The average Bonchev–Trinajstić information content (AvgIpc) is 2.48. The minimum atomic E-state index is -0.496. The summed E-state index contributed by atoms with van der Waals surface area (Å²) in [4.78, 5) is 0. The van der Waals surface area contributed by atoms with Gasteiger partial charge in [-0.2, -0.15) is 0 Å². The molecule has 1 aromatic carbocycles. The molecule has 2 rings (SSSR count). The molecule has 112 valence electrons. The molecule has 1 heterocycles. The summed E-state index contributed by atoms with van der Waals surface area (Å²) in [6.45, 7) is 2.93. The zero-order valence-corrected chi connectivity index (χ0v) is 12.3. The van der Waals surface area contributed by atoms with E-state index < -0.39 is 6.10 Å². The van der Waals surface area contributed by atoms with Crippen molar-refractivity contribution >= 4 is 11.6 Å². The highest BCUT2D eigenvalue weighted by Gasteiger charge is 2.14. The van der Waals surface area contributed by atoms with Crippen LogP contribution < -0.4 is 5.32 Å². The fourth-order valence-corrected chi connectivity index (χ4v) is 2.28. The molecular weight excluding hydrogens is 278 g/mol. The number of halogens is 1. The van der Waals surface area contributed by atoms with E-state index in [1.54, 1.807) is 0 Å². The van der Waals surface area contributed by atoms with Crippen molar-refractivity contribution in [2.24, 2.45) is 0 Å². The van der Waals surface area contributed by atoms with Crippen molar-refractivity contribution < 1.29 is 14.6 Å². The molecule has 0 aliphatic carbocycles. The highest BCUT2D eigenvalue weighted by atomic mass is 35.5. The summed E-state index contributed by atoms with van der Waals surface area (Å²) >= 11 is 5.81. The normalized spacial score (nSPS) is 20.8. The Labute approximate surface area is 125 Å². The lowest BCUT2D eigenvalue weighted by molar-refractivity contribution is 0.0204. The number of ether oxygens (including phenoxy) is 2. The summed E-state index contributed by atoms with van der Waals surface area (Å²) in [5, 5.41) is 13.9. The molecule has 0 radical (unpaired) electrons. The van der Waals surface area contributed by atoms with Crippen LogP contribution in [-0.2, 0) is 16.1 Å². The Balaban J connectivity index is 1.57. The highest BCUT2D eigenvalue weighted by molar-refractivity contribution is 6.30. The van der Waals surface area contributed by atoms with Gasteiger partial charge in [-0.15, -0.1) is 0 Å². The van der Waals surface area contributed by atoms with E-state index in [1.807, 2.05) is 24.3 Å². The van der Waals surface area contributed by atoms with E-state index in [9.17, 15) is 5.11 Å². The van der Waals surface area contributed by atoms with Crippen molar-refractivity contribution in [3.8, 4) is 0 Å². The molecule has 0 amide bonds. The molecule has 5 heteroatoms. The standard InChI is InChI=1S/C15H22ClNO3/c16-13-5-3-12(4-6-13)9-20-11-15(18)8-17-14-2-1-7-19-10-14/h3-6,14-15,17-18H,1-2,7-11H2. The minimum absolute atomic E-state index is 0.323. The molecule has 2 unspecified atom stereocenters. The van der Waals surface area contributed by atoms with Crippen LogP contribution in [0.5, 0.6) is 0 Å². The first-order valence-electron chi connectivity index (χ1n) is 7.05. The van der Waals surface area contributed by atoms with Gasteiger partial charge < -0.3 is 19.9 Å². The topological polar surface area (TPSA) is 50.7 Å². The van der Waals surface area contributed by atoms with Crippen LogP contribution in [0.1, 0.15) is 18.4 Å². The zero-order chi connectivity index (χ0) is 14.2. The summed E-state index contributed by atoms with van der Waals surface area (Å²) in [5.74, 6) is 0. The number of hydrogen-bond donors (Lipinski definition) is 2. The van der Waals surface area contributed by atoms with Crippen molar-refractivity contribution in [1.82, 2.24) is 5.32 Å². The van der Waals surface area contributed by atoms with E-state index in [1.165, 1.54) is 0 Å².